The molecular formula is C21H25Cl2N3O2. The number of carbonyl (C=O) groups is 1. The fraction of sp³-hybridized carbons (Fsp3) is 0.381. The second kappa shape index (κ2) is 9.50. The number of nitrogens with one attached hydrogen (secondary N) is 1. The van der Waals surface area contributed by atoms with Crippen LogP contribution < -0.4 is 15.0 Å². The topological polar surface area (TPSA) is 44.8 Å². The number of halogens is 2. The summed E-state index contributed by atoms with van der Waals surface area (Å²) in [5.74, 6) is 0.828. The van der Waals surface area contributed by atoms with Crippen LogP contribution in [-0.4, -0.2) is 49.6 Å². The Kier molecular flexibility index (Phi) is 7.05. The minimum absolute atomic E-state index is 0.0765. The van der Waals surface area contributed by atoms with E-state index < -0.39 is 0 Å². The molecule has 5 nitrogen and oxygen atoms in total. The number of carbonyl (C=O) groups excluding carboxylic acids is 1. The number of hydrogen-bond donors (Lipinski definition) is 1. The van der Waals surface area contributed by atoms with E-state index in [-0.39, 0.29) is 11.9 Å². The lowest BCUT2D eigenvalue weighted by molar-refractivity contribution is -0.120. The SMILES string of the molecule is CCOc1ccccc1N1CCN([C@H](C)C(=O)Nc2ccc(Cl)cc2Cl)CC1. The van der Waals surface area contributed by atoms with Crippen LogP contribution in [0.25, 0.3) is 0 Å². The van der Waals surface area contributed by atoms with E-state index in [0.717, 1.165) is 37.6 Å². The normalized spacial score (nSPS) is 15.9. The summed E-state index contributed by atoms with van der Waals surface area (Å²) in [6.45, 7) is 7.81. The lowest BCUT2D eigenvalue weighted by atomic mass is 10.2. The van der Waals surface area contributed by atoms with Gasteiger partial charge in [-0.1, -0.05) is 35.3 Å². The van der Waals surface area contributed by atoms with Gasteiger partial charge in [0.2, 0.25) is 5.91 Å². The van der Waals surface area contributed by atoms with Crippen molar-refractivity contribution >= 4 is 40.5 Å². The van der Waals surface area contributed by atoms with Crippen LogP contribution in [0.1, 0.15) is 13.8 Å². The van der Waals surface area contributed by atoms with Crippen LogP contribution in [0.5, 0.6) is 5.75 Å². The molecule has 1 atom stereocenters. The maximum Gasteiger partial charge on any atom is 0.241 e. The summed E-state index contributed by atoms with van der Waals surface area (Å²) in [6, 6.07) is 12.9. The first-order valence-corrected chi connectivity index (χ1v) is 10.2. The Bertz CT molecular complexity index is 823. The third-order valence-corrected chi connectivity index (χ3v) is 5.48. The Balaban J connectivity index is 1.59. The average Bonchev–Trinajstić information content (AvgIpc) is 2.70. The maximum atomic E-state index is 12.7. The van der Waals surface area contributed by atoms with E-state index in [1.54, 1.807) is 18.2 Å². The minimum atomic E-state index is -0.254. The summed E-state index contributed by atoms with van der Waals surface area (Å²) in [5.41, 5.74) is 1.68. The van der Waals surface area contributed by atoms with Gasteiger partial charge in [0.15, 0.2) is 0 Å². The zero-order valence-electron chi connectivity index (χ0n) is 16.1. The number of para-hydroxylation sites is 2. The molecule has 1 heterocycles. The number of piperazine rings is 1. The van der Waals surface area contributed by atoms with E-state index in [0.29, 0.717) is 22.3 Å². The highest BCUT2D eigenvalue weighted by Gasteiger charge is 2.27. The zero-order chi connectivity index (χ0) is 20.1. The summed E-state index contributed by atoms with van der Waals surface area (Å²) in [5, 5.41) is 3.88. The van der Waals surface area contributed by atoms with Gasteiger partial charge in [-0.2, -0.15) is 0 Å². The van der Waals surface area contributed by atoms with Crippen LogP contribution in [-0.2, 0) is 4.79 Å². The Hall–Kier alpha value is -1.95. The van der Waals surface area contributed by atoms with Crippen molar-refractivity contribution in [2.24, 2.45) is 0 Å². The number of benzene rings is 2. The van der Waals surface area contributed by atoms with Gasteiger partial charge in [-0.15, -0.1) is 0 Å². The van der Waals surface area contributed by atoms with Gasteiger partial charge >= 0.3 is 0 Å². The third kappa shape index (κ3) is 4.90. The van der Waals surface area contributed by atoms with E-state index in [4.69, 9.17) is 27.9 Å². The van der Waals surface area contributed by atoms with E-state index in [2.05, 4.69) is 21.2 Å². The fourth-order valence-electron chi connectivity index (χ4n) is 3.34. The van der Waals surface area contributed by atoms with Gasteiger partial charge in [0.25, 0.3) is 0 Å². The highest BCUT2D eigenvalue weighted by Crippen LogP contribution is 2.29. The molecule has 1 N–H and O–H groups in total. The first kappa shape index (κ1) is 20.8. The average molecular weight is 422 g/mol. The van der Waals surface area contributed by atoms with Crippen molar-refractivity contribution in [2.75, 3.05) is 43.0 Å². The molecule has 0 aromatic heterocycles. The minimum Gasteiger partial charge on any atom is -0.492 e. The Morgan fingerprint density at radius 2 is 1.86 bits per heavy atom. The molecule has 1 fully saturated rings. The molecule has 0 bridgehead atoms. The molecule has 1 saturated heterocycles. The molecule has 0 unspecified atom stereocenters. The number of anilines is 2. The van der Waals surface area contributed by atoms with Crippen molar-refractivity contribution in [3.63, 3.8) is 0 Å². The summed E-state index contributed by atoms with van der Waals surface area (Å²) in [7, 11) is 0. The van der Waals surface area contributed by atoms with Gasteiger partial charge in [0, 0.05) is 31.2 Å². The van der Waals surface area contributed by atoms with Crippen LogP contribution in [0.4, 0.5) is 11.4 Å². The smallest absolute Gasteiger partial charge is 0.241 e. The van der Waals surface area contributed by atoms with E-state index in [1.165, 1.54) is 0 Å². The number of amides is 1. The van der Waals surface area contributed by atoms with Crippen molar-refractivity contribution in [1.29, 1.82) is 0 Å². The van der Waals surface area contributed by atoms with Crippen molar-refractivity contribution in [3.8, 4) is 5.75 Å². The van der Waals surface area contributed by atoms with Gasteiger partial charge in [-0.3, -0.25) is 9.69 Å². The van der Waals surface area contributed by atoms with Crippen molar-refractivity contribution in [1.82, 2.24) is 4.90 Å². The van der Waals surface area contributed by atoms with E-state index in [9.17, 15) is 4.79 Å². The quantitative estimate of drug-likeness (QED) is 0.743. The van der Waals surface area contributed by atoms with Crippen LogP contribution >= 0.6 is 23.2 Å². The molecule has 7 heteroatoms. The standard InChI is InChI=1S/C21H25Cl2N3O2/c1-3-28-20-7-5-4-6-19(20)26-12-10-25(11-13-26)15(2)21(27)24-18-9-8-16(22)14-17(18)23/h4-9,14-15H,3,10-13H2,1-2H3,(H,24,27)/t15-/m1/s1. The third-order valence-electron chi connectivity index (χ3n) is 4.94. The van der Waals surface area contributed by atoms with Crippen molar-refractivity contribution in [3.05, 3.63) is 52.5 Å². The second-order valence-electron chi connectivity index (χ2n) is 6.71. The molecule has 1 aliphatic rings. The van der Waals surface area contributed by atoms with Gasteiger partial charge in [0.05, 0.1) is 29.0 Å². The molecule has 28 heavy (non-hydrogen) atoms. The number of hydrogen-bond acceptors (Lipinski definition) is 4. The number of rotatable bonds is 6. The summed E-state index contributed by atoms with van der Waals surface area (Å²) >= 11 is 12.1. The van der Waals surface area contributed by atoms with Gasteiger partial charge in [-0.25, -0.2) is 0 Å². The molecule has 0 aliphatic carbocycles. The molecule has 1 amide bonds. The molecule has 1 aliphatic heterocycles. The van der Waals surface area contributed by atoms with Crippen molar-refractivity contribution in [2.45, 2.75) is 19.9 Å². The van der Waals surface area contributed by atoms with Crippen LogP contribution in [0.3, 0.4) is 0 Å². The first-order chi connectivity index (χ1) is 13.5. The monoisotopic (exact) mass is 421 g/mol. The van der Waals surface area contributed by atoms with Gasteiger partial charge in [0.1, 0.15) is 5.75 Å². The fourth-order valence-corrected chi connectivity index (χ4v) is 3.80. The molecule has 2 aromatic carbocycles. The van der Waals surface area contributed by atoms with Gasteiger partial charge < -0.3 is 15.0 Å². The molecule has 150 valence electrons. The lowest BCUT2D eigenvalue weighted by Gasteiger charge is -2.39. The van der Waals surface area contributed by atoms with Crippen LogP contribution in [0.2, 0.25) is 10.0 Å². The predicted molar refractivity (Wildman–Crippen MR) is 116 cm³/mol. The molecule has 3 rings (SSSR count). The predicted octanol–water partition coefficient (Wildman–Crippen LogP) is 4.54. The van der Waals surface area contributed by atoms with Crippen LogP contribution in [0.15, 0.2) is 42.5 Å². The summed E-state index contributed by atoms with van der Waals surface area (Å²) in [6.07, 6.45) is 0. The molecule has 0 radical (unpaired) electrons. The van der Waals surface area contributed by atoms with Crippen molar-refractivity contribution < 1.29 is 9.53 Å². The largest absolute Gasteiger partial charge is 0.492 e. The highest BCUT2D eigenvalue weighted by molar-refractivity contribution is 6.36. The number of ether oxygens (including phenoxy) is 1. The molecule has 2 aromatic rings. The van der Waals surface area contributed by atoms with E-state index in [1.807, 2.05) is 32.0 Å². The Morgan fingerprint density at radius 3 is 2.54 bits per heavy atom. The maximum absolute atomic E-state index is 12.7. The summed E-state index contributed by atoms with van der Waals surface area (Å²) < 4.78 is 5.75. The molecule has 0 saturated carbocycles. The second-order valence-corrected chi connectivity index (χ2v) is 7.56. The van der Waals surface area contributed by atoms with E-state index >= 15 is 0 Å². The Labute approximate surface area is 176 Å². The summed E-state index contributed by atoms with van der Waals surface area (Å²) in [4.78, 5) is 17.1. The highest BCUT2D eigenvalue weighted by atomic mass is 35.5. The first-order valence-electron chi connectivity index (χ1n) is 9.46. The van der Waals surface area contributed by atoms with Gasteiger partial charge in [-0.05, 0) is 44.2 Å². The number of nitrogens with zero attached hydrogens (tertiary/aromatic N) is 2. The lowest BCUT2D eigenvalue weighted by Crippen LogP contribution is -2.52. The molecule has 0 spiro atoms. The molecular weight excluding hydrogens is 397 g/mol. The Morgan fingerprint density at radius 1 is 1.14 bits per heavy atom. The zero-order valence-corrected chi connectivity index (χ0v) is 17.6. The van der Waals surface area contributed by atoms with Crippen LogP contribution in [0, 0.1) is 0 Å².